The molecule has 0 bridgehead atoms. The Balaban J connectivity index is 2.06. The van der Waals surface area contributed by atoms with Crippen LogP contribution in [-0.2, 0) is 10.0 Å². The number of hydrogen-bond donors (Lipinski definition) is 2. The Morgan fingerprint density at radius 3 is 2.75 bits per heavy atom. The van der Waals surface area contributed by atoms with E-state index in [4.69, 9.17) is 5.73 Å². The zero-order valence-electron chi connectivity index (χ0n) is 11.7. The van der Waals surface area contributed by atoms with Crippen LogP contribution < -0.4 is 5.73 Å². The molecule has 0 aliphatic carbocycles. The van der Waals surface area contributed by atoms with Gasteiger partial charge in [-0.15, -0.1) is 0 Å². The number of nitrogens with two attached hydrogens (primary N) is 1. The molecule has 108 valence electrons. The van der Waals surface area contributed by atoms with Crippen molar-refractivity contribution in [3.8, 4) is 0 Å². The first-order chi connectivity index (χ1) is 9.29. The molecule has 5 nitrogen and oxygen atoms in total. The molecule has 1 aliphatic heterocycles. The minimum Gasteiger partial charge on any atom is -0.399 e. The summed E-state index contributed by atoms with van der Waals surface area (Å²) in [7, 11) is -3.44. The topological polar surface area (TPSA) is 79.2 Å². The number of aromatic amines is 1. The Hall–Kier alpha value is -1.53. The highest BCUT2D eigenvalue weighted by Crippen LogP contribution is 2.34. The second-order valence-electron chi connectivity index (χ2n) is 6.21. The molecule has 6 heteroatoms. The highest BCUT2D eigenvalue weighted by atomic mass is 32.2. The van der Waals surface area contributed by atoms with E-state index in [2.05, 4.69) is 18.8 Å². The highest BCUT2D eigenvalue weighted by Gasteiger charge is 2.37. The molecule has 0 amide bonds. The third kappa shape index (κ3) is 2.09. The van der Waals surface area contributed by atoms with Crippen molar-refractivity contribution >= 4 is 26.6 Å². The van der Waals surface area contributed by atoms with Crippen molar-refractivity contribution in [2.24, 2.45) is 5.41 Å². The Bertz CT molecular complexity index is 762. The van der Waals surface area contributed by atoms with Gasteiger partial charge in [0.2, 0.25) is 10.0 Å². The number of fused-ring (bicyclic) bond motifs is 1. The third-order valence-corrected chi connectivity index (χ3v) is 5.81. The fraction of sp³-hybridized carbons (Fsp3) is 0.429. The molecule has 3 rings (SSSR count). The number of nitrogen functional groups attached to an aromatic ring is 1. The van der Waals surface area contributed by atoms with Crippen LogP contribution in [0.25, 0.3) is 10.9 Å². The van der Waals surface area contributed by atoms with Gasteiger partial charge in [0.25, 0.3) is 0 Å². The molecule has 3 N–H and O–H groups in total. The lowest BCUT2D eigenvalue weighted by molar-refractivity contribution is 0.375. The SMILES string of the molecule is CC1(C)CCN(S(=O)(=O)c2c[nH]c3cc(N)ccc23)C1. The predicted octanol–water partition coefficient (Wildman–Crippen LogP) is 2.17. The average Bonchev–Trinajstić information content (AvgIpc) is 2.92. The number of sulfonamides is 1. The molecule has 0 atom stereocenters. The molecular weight excluding hydrogens is 274 g/mol. The Kier molecular flexibility index (Phi) is 2.85. The van der Waals surface area contributed by atoms with E-state index in [1.165, 1.54) is 0 Å². The fourth-order valence-electron chi connectivity index (χ4n) is 2.74. The number of rotatable bonds is 2. The maximum Gasteiger partial charge on any atom is 0.245 e. The fourth-order valence-corrected chi connectivity index (χ4v) is 4.53. The predicted molar refractivity (Wildman–Crippen MR) is 79.9 cm³/mol. The summed E-state index contributed by atoms with van der Waals surface area (Å²) in [5.41, 5.74) is 7.13. The van der Waals surface area contributed by atoms with Crippen LogP contribution in [0.1, 0.15) is 20.3 Å². The largest absolute Gasteiger partial charge is 0.399 e. The van der Waals surface area contributed by atoms with Crippen molar-refractivity contribution < 1.29 is 8.42 Å². The lowest BCUT2D eigenvalue weighted by Crippen LogP contribution is -2.30. The van der Waals surface area contributed by atoms with Gasteiger partial charge in [0.1, 0.15) is 4.90 Å². The van der Waals surface area contributed by atoms with Gasteiger partial charge in [-0.25, -0.2) is 8.42 Å². The first-order valence-corrected chi connectivity index (χ1v) is 8.10. The zero-order chi connectivity index (χ0) is 14.5. The lowest BCUT2D eigenvalue weighted by Gasteiger charge is -2.19. The number of benzene rings is 1. The smallest absolute Gasteiger partial charge is 0.245 e. The van der Waals surface area contributed by atoms with Crippen LogP contribution in [0.15, 0.2) is 29.3 Å². The van der Waals surface area contributed by atoms with Gasteiger partial charge in [-0.05, 0) is 30.0 Å². The molecule has 1 aromatic carbocycles. The average molecular weight is 293 g/mol. The van der Waals surface area contributed by atoms with E-state index in [9.17, 15) is 8.42 Å². The van der Waals surface area contributed by atoms with E-state index in [-0.39, 0.29) is 5.41 Å². The van der Waals surface area contributed by atoms with Crippen LogP contribution in [0.2, 0.25) is 0 Å². The Morgan fingerprint density at radius 1 is 1.35 bits per heavy atom. The van der Waals surface area contributed by atoms with Crippen molar-refractivity contribution in [1.82, 2.24) is 9.29 Å². The van der Waals surface area contributed by atoms with Gasteiger partial charge in [0.05, 0.1) is 0 Å². The Labute approximate surface area is 118 Å². The molecule has 1 aliphatic rings. The molecule has 0 unspecified atom stereocenters. The minimum absolute atomic E-state index is 0.0452. The normalized spacial score (nSPS) is 19.7. The first-order valence-electron chi connectivity index (χ1n) is 6.66. The molecule has 1 fully saturated rings. The summed E-state index contributed by atoms with van der Waals surface area (Å²) in [6.07, 6.45) is 2.45. The summed E-state index contributed by atoms with van der Waals surface area (Å²) in [4.78, 5) is 3.33. The van der Waals surface area contributed by atoms with Crippen molar-refractivity contribution in [1.29, 1.82) is 0 Å². The number of hydrogen-bond acceptors (Lipinski definition) is 3. The third-order valence-electron chi connectivity index (χ3n) is 3.93. The van der Waals surface area contributed by atoms with Gasteiger partial charge in [-0.3, -0.25) is 0 Å². The number of anilines is 1. The van der Waals surface area contributed by atoms with E-state index in [0.717, 1.165) is 11.9 Å². The first kappa shape index (κ1) is 13.5. The second kappa shape index (κ2) is 4.23. The second-order valence-corrected chi connectivity index (χ2v) is 8.12. The molecule has 0 spiro atoms. The number of aromatic nitrogens is 1. The molecule has 2 heterocycles. The monoisotopic (exact) mass is 293 g/mol. The van der Waals surface area contributed by atoms with Crippen LogP contribution in [0.4, 0.5) is 5.69 Å². The van der Waals surface area contributed by atoms with E-state index < -0.39 is 10.0 Å². The summed E-state index contributed by atoms with van der Waals surface area (Å²) in [5.74, 6) is 0. The van der Waals surface area contributed by atoms with Gasteiger partial charge >= 0.3 is 0 Å². The van der Waals surface area contributed by atoms with Crippen LogP contribution in [0, 0.1) is 5.41 Å². The highest BCUT2D eigenvalue weighted by molar-refractivity contribution is 7.89. The van der Waals surface area contributed by atoms with Crippen molar-refractivity contribution in [3.05, 3.63) is 24.4 Å². The molecule has 0 saturated carbocycles. The molecule has 0 radical (unpaired) electrons. The summed E-state index contributed by atoms with van der Waals surface area (Å²) in [5, 5.41) is 0.698. The van der Waals surface area contributed by atoms with E-state index in [1.54, 1.807) is 28.7 Å². The molecule has 1 aromatic heterocycles. The van der Waals surface area contributed by atoms with Gasteiger partial charge in [-0.2, -0.15) is 4.31 Å². The van der Waals surface area contributed by atoms with Gasteiger partial charge in [0.15, 0.2) is 0 Å². The zero-order valence-corrected chi connectivity index (χ0v) is 12.5. The molecule has 1 saturated heterocycles. The Morgan fingerprint density at radius 2 is 2.10 bits per heavy atom. The van der Waals surface area contributed by atoms with Crippen LogP contribution in [-0.4, -0.2) is 30.8 Å². The maximum atomic E-state index is 12.8. The van der Waals surface area contributed by atoms with Crippen LogP contribution in [0.3, 0.4) is 0 Å². The molecule has 20 heavy (non-hydrogen) atoms. The van der Waals surface area contributed by atoms with Gasteiger partial charge in [-0.1, -0.05) is 13.8 Å². The maximum absolute atomic E-state index is 12.8. The van der Waals surface area contributed by atoms with E-state index >= 15 is 0 Å². The van der Waals surface area contributed by atoms with Gasteiger partial charge < -0.3 is 10.7 Å². The number of nitrogens with one attached hydrogen (secondary N) is 1. The standard InChI is InChI=1S/C14H19N3O2S/c1-14(2)5-6-17(9-14)20(18,19)13-8-16-12-7-10(15)3-4-11(12)13/h3-4,7-8,16H,5-6,9,15H2,1-2H3. The number of nitrogens with zero attached hydrogens (tertiary/aromatic N) is 1. The molecule has 2 aromatic rings. The van der Waals surface area contributed by atoms with Crippen LogP contribution >= 0.6 is 0 Å². The van der Waals surface area contributed by atoms with Crippen molar-refractivity contribution in [2.45, 2.75) is 25.2 Å². The van der Waals surface area contributed by atoms with E-state index in [0.29, 0.717) is 29.1 Å². The van der Waals surface area contributed by atoms with Crippen molar-refractivity contribution in [3.63, 3.8) is 0 Å². The van der Waals surface area contributed by atoms with E-state index in [1.807, 2.05) is 0 Å². The summed E-state index contributed by atoms with van der Waals surface area (Å²) < 4.78 is 27.1. The quantitative estimate of drug-likeness (QED) is 0.833. The van der Waals surface area contributed by atoms with Crippen LogP contribution in [0.5, 0.6) is 0 Å². The minimum atomic E-state index is -3.44. The summed E-state index contributed by atoms with van der Waals surface area (Å²) >= 11 is 0. The van der Waals surface area contributed by atoms with Crippen molar-refractivity contribution in [2.75, 3.05) is 18.8 Å². The molecular formula is C14H19N3O2S. The lowest BCUT2D eigenvalue weighted by atomic mass is 9.93. The summed E-state index contributed by atoms with van der Waals surface area (Å²) in [6.45, 7) is 5.34. The summed E-state index contributed by atoms with van der Waals surface area (Å²) in [6, 6.07) is 5.24. The van der Waals surface area contributed by atoms with Gasteiger partial charge in [0, 0.05) is 35.9 Å². The number of H-pyrrole nitrogens is 1.